The van der Waals surface area contributed by atoms with Crippen molar-refractivity contribution in [2.45, 2.75) is 59.2 Å². The SMILES string of the molecule is CCn1c(=O)c2c(nc(N3CCCCC3)n2Cc2c(F)cccc2Cl)n(C(C)C)c1=O. The Morgan fingerprint density at radius 1 is 1.13 bits per heavy atom. The van der Waals surface area contributed by atoms with Gasteiger partial charge in [0.1, 0.15) is 5.82 Å². The van der Waals surface area contributed by atoms with Gasteiger partial charge in [0.15, 0.2) is 11.2 Å². The molecule has 3 heterocycles. The highest BCUT2D eigenvalue weighted by Crippen LogP contribution is 2.28. The standard InChI is InChI=1S/C22H27ClFN5O2/c1-4-27-20(30)18-19(29(14(2)3)22(27)31)25-21(26-11-6-5-7-12-26)28(18)13-15-16(23)9-8-10-17(15)24/h8-10,14H,4-7,11-13H2,1-3H3. The zero-order valence-corrected chi connectivity index (χ0v) is 18.8. The molecule has 0 radical (unpaired) electrons. The second-order valence-electron chi connectivity index (χ2n) is 8.21. The molecule has 31 heavy (non-hydrogen) atoms. The lowest BCUT2D eigenvalue weighted by Crippen LogP contribution is -2.41. The van der Waals surface area contributed by atoms with E-state index in [0.717, 1.165) is 32.4 Å². The molecule has 2 aromatic heterocycles. The van der Waals surface area contributed by atoms with E-state index >= 15 is 0 Å². The number of halogens is 2. The van der Waals surface area contributed by atoms with E-state index in [4.69, 9.17) is 16.6 Å². The van der Waals surface area contributed by atoms with Gasteiger partial charge in [0.05, 0.1) is 6.54 Å². The van der Waals surface area contributed by atoms with Crippen molar-refractivity contribution in [1.82, 2.24) is 18.7 Å². The van der Waals surface area contributed by atoms with E-state index in [0.29, 0.717) is 27.7 Å². The first kappa shape index (κ1) is 21.6. The molecule has 0 amide bonds. The Hall–Kier alpha value is -2.61. The zero-order valence-electron chi connectivity index (χ0n) is 18.1. The average molecular weight is 448 g/mol. The molecule has 4 rings (SSSR count). The third-order valence-electron chi connectivity index (χ3n) is 5.89. The fraction of sp³-hybridized carbons (Fsp3) is 0.500. The van der Waals surface area contributed by atoms with Crippen LogP contribution in [0.25, 0.3) is 11.2 Å². The summed E-state index contributed by atoms with van der Waals surface area (Å²) in [4.78, 5) is 33.3. The molecule has 0 unspecified atom stereocenters. The summed E-state index contributed by atoms with van der Waals surface area (Å²) in [6.07, 6.45) is 3.16. The Labute approximate surface area is 184 Å². The number of benzene rings is 1. The zero-order chi connectivity index (χ0) is 22.3. The molecule has 7 nitrogen and oxygen atoms in total. The van der Waals surface area contributed by atoms with Gasteiger partial charge in [-0.05, 0) is 52.2 Å². The summed E-state index contributed by atoms with van der Waals surface area (Å²) < 4.78 is 19.2. The van der Waals surface area contributed by atoms with Gasteiger partial charge < -0.3 is 4.90 Å². The molecule has 1 aliphatic rings. The molecule has 1 aromatic carbocycles. The summed E-state index contributed by atoms with van der Waals surface area (Å²) in [5, 5.41) is 0.291. The normalized spacial score (nSPS) is 14.7. The predicted molar refractivity (Wildman–Crippen MR) is 121 cm³/mol. The molecular formula is C22H27ClFN5O2. The lowest BCUT2D eigenvalue weighted by Gasteiger charge is -2.28. The van der Waals surface area contributed by atoms with Crippen molar-refractivity contribution in [1.29, 1.82) is 0 Å². The quantitative estimate of drug-likeness (QED) is 0.597. The first-order valence-electron chi connectivity index (χ1n) is 10.8. The van der Waals surface area contributed by atoms with Crippen LogP contribution < -0.4 is 16.1 Å². The summed E-state index contributed by atoms with van der Waals surface area (Å²) >= 11 is 6.32. The number of rotatable bonds is 5. The van der Waals surface area contributed by atoms with Crippen molar-refractivity contribution >= 4 is 28.7 Å². The summed E-state index contributed by atoms with van der Waals surface area (Å²) in [7, 11) is 0. The van der Waals surface area contributed by atoms with Gasteiger partial charge in [0.25, 0.3) is 5.56 Å². The highest BCUT2D eigenvalue weighted by atomic mass is 35.5. The molecule has 1 fully saturated rings. The second kappa shape index (κ2) is 8.49. The van der Waals surface area contributed by atoms with Crippen LogP contribution in [0.15, 0.2) is 27.8 Å². The molecule has 0 aliphatic carbocycles. The molecule has 0 spiro atoms. The molecule has 0 N–H and O–H groups in total. The number of fused-ring (bicyclic) bond motifs is 1. The largest absolute Gasteiger partial charge is 0.342 e. The van der Waals surface area contributed by atoms with Gasteiger partial charge in [0.2, 0.25) is 5.95 Å². The predicted octanol–water partition coefficient (Wildman–Crippen LogP) is 3.79. The van der Waals surface area contributed by atoms with Crippen LogP contribution >= 0.6 is 11.6 Å². The van der Waals surface area contributed by atoms with Crippen molar-refractivity contribution in [3.8, 4) is 0 Å². The fourth-order valence-corrected chi connectivity index (χ4v) is 4.54. The average Bonchev–Trinajstić information content (AvgIpc) is 3.10. The molecule has 0 atom stereocenters. The minimum atomic E-state index is -0.438. The molecular weight excluding hydrogens is 421 g/mol. The first-order chi connectivity index (χ1) is 14.8. The van der Waals surface area contributed by atoms with Gasteiger partial charge in [-0.25, -0.2) is 9.18 Å². The maximum absolute atomic E-state index is 14.7. The lowest BCUT2D eigenvalue weighted by atomic mass is 10.1. The van der Waals surface area contributed by atoms with E-state index in [1.807, 2.05) is 13.8 Å². The van der Waals surface area contributed by atoms with E-state index in [1.165, 1.54) is 10.6 Å². The maximum Gasteiger partial charge on any atom is 0.332 e. The van der Waals surface area contributed by atoms with Crippen molar-refractivity contribution in [3.63, 3.8) is 0 Å². The van der Waals surface area contributed by atoms with Crippen LogP contribution in [0.4, 0.5) is 10.3 Å². The number of imidazole rings is 1. The molecule has 9 heteroatoms. The number of hydrogen-bond acceptors (Lipinski definition) is 4. The van der Waals surface area contributed by atoms with Crippen LogP contribution in [0.1, 0.15) is 51.6 Å². The van der Waals surface area contributed by atoms with Crippen LogP contribution in [0.2, 0.25) is 5.02 Å². The first-order valence-corrected chi connectivity index (χ1v) is 11.2. The van der Waals surface area contributed by atoms with Gasteiger partial charge in [-0.15, -0.1) is 0 Å². The monoisotopic (exact) mass is 447 g/mol. The number of nitrogens with zero attached hydrogens (tertiary/aromatic N) is 5. The van der Waals surface area contributed by atoms with E-state index in [2.05, 4.69) is 4.90 Å². The van der Waals surface area contributed by atoms with Gasteiger partial charge in [-0.3, -0.25) is 18.5 Å². The second-order valence-corrected chi connectivity index (χ2v) is 8.62. The summed E-state index contributed by atoms with van der Waals surface area (Å²) in [6, 6.07) is 4.35. The third-order valence-corrected chi connectivity index (χ3v) is 6.25. The third kappa shape index (κ3) is 3.67. The Kier molecular flexibility index (Phi) is 5.92. The van der Waals surface area contributed by atoms with Crippen LogP contribution in [0, 0.1) is 5.82 Å². The smallest absolute Gasteiger partial charge is 0.332 e. The van der Waals surface area contributed by atoms with Gasteiger partial charge in [-0.1, -0.05) is 17.7 Å². The molecule has 1 aliphatic heterocycles. The fourth-order valence-electron chi connectivity index (χ4n) is 4.31. The van der Waals surface area contributed by atoms with E-state index < -0.39 is 11.4 Å². The topological polar surface area (TPSA) is 65.1 Å². The lowest BCUT2D eigenvalue weighted by molar-refractivity contribution is 0.532. The Balaban J connectivity index is 2.07. The molecule has 0 saturated carbocycles. The number of aromatic nitrogens is 4. The van der Waals surface area contributed by atoms with Gasteiger partial charge >= 0.3 is 5.69 Å². The highest BCUT2D eigenvalue weighted by molar-refractivity contribution is 6.31. The van der Waals surface area contributed by atoms with Crippen LogP contribution in [0.3, 0.4) is 0 Å². The molecule has 166 valence electrons. The van der Waals surface area contributed by atoms with Crippen LogP contribution in [-0.4, -0.2) is 31.8 Å². The molecule has 3 aromatic rings. The summed E-state index contributed by atoms with van der Waals surface area (Å²) in [6.45, 7) is 7.43. The number of hydrogen-bond donors (Lipinski definition) is 0. The Morgan fingerprint density at radius 3 is 2.45 bits per heavy atom. The van der Waals surface area contributed by atoms with Crippen LogP contribution in [0.5, 0.6) is 0 Å². The molecule has 1 saturated heterocycles. The van der Waals surface area contributed by atoms with Crippen molar-refractivity contribution in [3.05, 3.63) is 55.4 Å². The molecule has 0 bridgehead atoms. The Morgan fingerprint density at radius 2 is 1.84 bits per heavy atom. The summed E-state index contributed by atoms with van der Waals surface area (Å²) in [5.41, 5.74) is 0.139. The van der Waals surface area contributed by atoms with Crippen molar-refractivity contribution in [2.75, 3.05) is 18.0 Å². The van der Waals surface area contributed by atoms with E-state index in [9.17, 15) is 14.0 Å². The minimum Gasteiger partial charge on any atom is -0.342 e. The highest BCUT2D eigenvalue weighted by Gasteiger charge is 2.26. The van der Waals surface area contributed by atoms with Crippen molar-refractivity contribution in [2.24, 2.45) is 0 Å². The Bertz CT molecular complexity index is 1220. The van der Waals surface area contributed by atoms with Crippen LogP contribution in [-0.2, 0) is 13.1 Å². The number of piperidine rings is 1. The van der Waals surface area contributed by atoms with Crippen molar-refractivity contribution < 1.29 is 4.39 Å². The van der Waals surface area contributed by atoms with Gasteiger partial charge in [-0.2, -0.15) is 4.98 Å². The van der Waals surface area contributed by atoms with E-state index in [1.54, 1.807) is 28.2 Å². The number of anilines is 1. The maximum atomic E-state index is 14.7. The minimum absolute atomic E-state index is 0.0586. The summed E-state index contributed by atoms with van der Waals surface area (Å²) in [5.74, 6) is 0.140. The van der Waals surface area contributed by atoms with E-state index in [-0.39, 0.29) is 24.8 Å². The van der Waals surface area contributed by atoms with Gasteiger partial charge in [0, 0.05) is 36.3 Å².